The number of aliphatic hydroxyl groups excluding tert-OH is 1. The largest absolute Gasteiger partial charge is 0.387 e. The van der Waals surface area contributed by atoms with Gasteiger partial charge >= 0.3 is 0 Å². The Morgan fingerprint density at radius 1 is 1.23 bits per heavy atom. The van der Waals surface area contributed by atoms with Crippen LogP contribution < -0.4 is 0 Å². The molecule has 1 aromatic rings. The summed E-state index contributed by atoms with van der Waals surface area (Å²) < 4.78 is 28.1. The van der Waals surface area contributed by atoms with Crippen LogP contribution in [0.3, 0.4) is 0 Å². The van der Waals surface area contributed by atoms with Gasteiger partial charge in [-0.1, -0.05) is 30.3 Å². The van der Waals surface area contributed by atoms with Crippen LogP contribution in [0.2, 0.25) is 0 Å². The lowest BCUT2D eigenvalue weighted by Gasteiger charge is -2.46. The second kappa shape index (κ2) is 7.04. The molecule has 122 valence electrons. The number of methoxy groups -OCH3 is 1. The van der Waals surface area contributed by atoms with Gasteiger partial charge in [0.05, 0.1) is 13.2 Å². The first-order valence-corrected chi connectivity index (χ1v) is 7.48. The fraction of sp³-hybridized carbons (Fsp3) is 0.625. The first-order chi connectivity index (χ1) is 10.7. The average Bonchev–Trinajstić information content (AvgIpc) is 2.55. The van der Waals surface area contributed by atoms with E-state index in [1.807, 2.05) is 30.3 Å². The lowest BCUT2D eigenvalue weighted by atomic mass is 9.98. The minimum atomic E-state index is -0.823. The number of rotatable bonds is 4. The van der Waals surface area contributed by atoms with Crippen LogP contribution >= 0.6 is 0 Å². The lowest BCUT2D eigenvalue weighted by molar-refractivity contribution is -0.360. The quantitative estimate of drug-likeness (QED) is 0.897. The Hall–Kier alpha value is -1.02. The third-order valence-corrected chi connectivity index (χ3v) is 3.99. The van der Waals surface area contributed by atoms with Crippen molar-refractivity contribution in [3.63, 3.8) is 0 Å². The second-order valence-corrected chi connectivity index (χ2v) is 5.53. The molecule has 2 saturated heterocycles. The zero-order valence-corrected chi connectivity index (χ0v) is 12.8. The molecule has 0 amide bonds. The Labute approximate surface area is 129 Å². The van der Waals surface area contributed by atoms with E-state index in [0.717, 1.165) is 5.56 Å². The van der Waals surface area contributed by atoms with Gasteiger partial charge in [0.25, 0.3) is 0 Å². The van der Waals surface area contributed by atoms with E-state index >= 15 is 0 Å². The van der Waals surface area contributed by atoms with Gasteiger partial charge in [-0.3, -0.25) is 0 Å². The van der Waals surface area contributed by atoms with Gasteiger partial charge in [-0.2, -0.15) is 0 Å². The number of benzene rings is 1. The van der Waals surface area contributed by atoms with Crippen molar-refractivity contribution in [1.82, 2.24) is 0 Å². The lowest BCUT2D eigenvalue weighted by Crippen LogP contribution is -2.63. The normalized spacial score (nSPS) is 38.5. The number of hydrogen-bond acceptors (Lipinski definition) is 6. The first kappa shape index (κ1) is 15.9. The molecule has 1 aromatic carbocycles. The Bertz CT molecular complexity index is 467. The van der Waals surface area contributed by atoms with Crippen molar-refractivity contribution < 1.29 is 28.8 Å². The van der Waals surface area contributed by atoms with Gasteiger partial charge < -0.3 is 28.8 Å². The van der Waals surface area contributed by atoms with E-state index in [4.69, 9.17) is 23.7 Å². The molecule has 0 saturated carbocycles. The monoisotopic (exact) mass is 310 g/mol. The van der Waals surface area contributed by atoms with Crippen molar-refractivity contribution in [2.75, 3.05) is 13.7 Å². The summed E-state index contributed by atoms with van der Waals surface area (Å²) >= 11 is 0. The molecule has 0 spiro atoms. The summed E-state index contributed by atoms with van der Waals surface area (Å²) in [6.07, 6.45) is -3.28. The molecule has 1 unspecified atom stereocenters. The van der Waals surface area contributed by atoms with Gasteiger partial charge in [-0.05, 0) is 12.5 Å². The van der Waals surface area contributed by atoms with Gasteiger partial charge in [-0.15, -0.1) is 0 Å². The van der Waals surface area contributed by atoms with Crippen LogP contribution in [0.5, 0.6) is 0 Å². The standard InChI is InChI=1S/C16H22O6/c1-10-19-9-12-14(21-10)13(17)15(18-2)16(22-12)20-8-11-6-4-3-5-7-11/h3-7,10,12-17H,8-9H2,1-2H3/t10?,12-,13-,14-,15+,16-/m1/s1. The molecule has 0 aromatic heterocycles. The predicted molar refractivity (Wildman–Crippen MR) is 77.0 cm³/mol. The molecule has 3 rings (SSSR count). The average molecular weight is 310 g/mol. The van der Waals surface area contributed by atoms with Crippen LogP contribution in [-0.4, -0.2) is 55.8 Å². The number of fused-ring (bicyclic) bond motifs is 1. The maximum Gasteiger partial charge on any atom is 0.187 e. The van der Waals surface area contributed by atoms with Crippen LogP contribution in [0.25, 0.3) is 0 Å². The molecule has 1 N–H and O–H groups in total. The van der Waals surface area contributed by atoms with Gasteiger partial charge in [0, 0.05) is 7.11 Å². The van der Waals surface area contributed by atoms with Crippen molar-refractivity contribution in [2.45, 2.75) is 50.5 Å². The summed E-state index contributed by atoms with van der Waals surface area (Å²) in [5, 5.41) is 10.5. The highest BCUT2D eigenvalue weighted by Gasteiger charge is 2.49. The molecule has 2 aliphatic heterocycles. The van der Waals surface area contributed by atoms with Crippen molar-refractivity contribution >= 4 is 0 Å². The fourth-order valence-electron chi connectivity index (χ4n) is 2.83. The summed E-state index contributed by atoms with van der Waals surface area (Å²) in [5.74, 6) is 0. The Kier molecular flexibility index (Phi) is 5.07. The van der Waals surface area contributed by atoms with Crippen molar-refractivity contribution in [1.29, 1.82) is 0 Å². The highest BCUT2D eigenvalue weighted by Crippen LogP contribution is 2.30. The summed E-state index contributed by atoms with van der Waals surface area (Å²) in [6, 6.07) is 9.79. The summed E-state index contributed by atoms with van der Waals surface area (Å²) in [7, 11) is 1.53. The zero-order chi connectivity index (χ0) is 15.5. The molecule has 2 fully saturated rings. The summed E-state index contributed by atoms with van der Waals surface area (Å²) in [4.78, 5) is 0. The second-order valence-electron chi connectivity index (χ2n) is 5.53. The third kappa shape index (κ3) is 3.32. The molecule has 6 atom stereocenters. The van der Waals surface area contributed by atoms with Crippen LogP contribution in [0, 0.1) is 0 Å². The van der Waals surface area contributed by atoms with Gasteiger partial charge in [0.15, 0.2) is 12.6 Å². The molecule has 0 aliphatic carbocycles. The first-order valence-electron chi connectivity index (χ1n) is 7.48. The Morgan fingerprint density at radius 3 is 2.73 bits per heavy atom. The highest BCUT2D eigenvalue weighted by molar-refractivity contribution is 5.13. The van der Waals surface area contributed by atoms with Crippen LogP contribution in [0.15, 0.2) is 30.3 Å². The minimum absolute atomic E-state index is 0.362. The number of hydrogen-bond donors (Lipinski definition) is 1. The molecule has 0 bridgehead atoms. The predicted octanol–water partition coefficient (Wildman–Crippen LogP) is 1.07. The third-order valence-electron chi connectivity index (χ3n) is 3.99. The smallest absolute Gasteiger partial charge is 0.187 e. The maximum absolute atomic E-state index is 10.5. The zero-order valence-electron chi connectivity index (χ0n) is 12.8. The van der Waals surface area contributed by atoms with E-state index in [1.54, 1.807) is 6.92 Å². The van der Waals surface area contributed by atoms with Gasteiger partial charge in [0.1, 0.15) is 24.4 Å². The van der Waals surface area contributed by atoms with E-state index in [-0.39, 0.29) is 12.4 Å². The Balaban J connectivity index is 1.65. The van der Waals surface area contributed by atoms with E-state index in [2.05, 4.69) is 0 Å². The molecule has 6 heteroatoms. The van der Waals surface area contributed by atoms with Crippen LogP contribution in [0.1, 0.15) is 12.5 Å². The van der Waals surface area contributed by atoms with Crippen LogP contribution in [-0.2, 0) is 30.3 Å². The van der Waals surface area contributed by atoms with Crippen molar-refractivity contribution in [3.8, 4) is 0 Å². The van der Waals surface area contributed by atoms with Crippen molar-refractivity contribution in [3.05, 3.63) is 35.9 Å². The van der Waals surface area contributed by atoms with Gasteiger partial charge in [0.2, 0.25) is 0 Å². The SMILES string of the molecule is CO[C@@H]1[C@H](OCc2ccccc2)O[C@@H]2COC(C)O[C@H]2[C@H]1O. The molecule has 2 aliphatic rings. The number of ether oxygens (including phenoxy) is 5. The molecular formula is C16H22O6. The van der Waals surface area contributed by atoms with E-state index in [1.165, 1.54) is 7.11 Å². The van der Waals surface area contributed by atoms with E-state index in [0.29, 0.717) is 13.2 Å². The van der Waals surface area contributed by atoms with E-state index in [9.17, 15) is 5.11 Å². The Morgan fingerprint density at radius 2 is 2.00 bits per heavy atom. The number of aliphatic hydroxyl groups is 1. The molecule has 0 radical (unpaired) electrons. The fourth-order valence-corrected chi connectivity index (χ4v) is 2.83. The molecular weight excluding hydrogens is 288 g/mol. The molecule has 22 heavy (non-hydrogen) atoms. The molecule has 2 heterocycles. The maximum atomic E-state index is 10.5. The molecule has 6 nitrogen and oxygen atoms in total. The van der Waals surface area contributed by atoms with Crippen LogP contribution in [0.4, 0.5) is 0 Å². The summed E-state index contributed by atoms with van der Waals surface area (Å²) in [5.41, 5.74) is 1.03. The summed E-state index contributed by atoms with van der Waals surface area (Å²) in [6.45, 7) is 2.54. The van der Waals surface area contributed by atoms with Gasteiger partial charge in [-0.25, -0.2) is 0 Å². The topological polar surface area (TPSA) is 66.4 Å². The highest BCUT2D eigenvalue weighted by atomic mass is 16.8. The minimum Gasteiger partial charge on any atom is -0.387 e. The van der Waals surface area contributed by atoms with E-state index < -0.39 is 24.6 Å². The van der Waals surface area contributed by atoms with Crippen molar-refractivity contribution in [2.24, 2.45) is 0 Å².